The molecule has 0 fully saturated rings. The molecule has 0 radical (unpaired) electrons. The first-order chi connectivity index (χ1) is 32.3. The van der Waals surface area contributed by atoms with E-state index in [1.807, 2.05) is 0 Å². The molecule has 1 heterocycles. The van der Waals surface area contributed by atoms with Gasteiger partial charge >= 0.3 is 0 Å². The van der Waals surface area contributed by atoms with Gasteiger partial charge in [-0.15, -0.1) is 0 Å². The van der Waals surface area contributed by atoms with E-state index in [9.17, 15) is 0 Å². The molecule has 1 aliphatic carbocycles. The summed E-state index contributed by atoms with van der Waals surface area (Å²) in [7, 11) is 0. The van der Waals surface area contributed by atoms with E-state index >= 15 is 0 Å². The molecule has 0 saturated carbocycles. The van der Waals surface area contributed by atoms with E-state index in [0.29, 0.717) is 0 Å². The van der Waals surface area contributed by atoms with E-state index in [0.717, 1.165) is 33.9 Å². The fourth-order valence-corrected chi connectivity index (χ4v) is 11.0. The molecule has 0 saturated heterocycles. The summed E-state index contributed by atoms with van der Waals surface area (Å²) in [6.45, 7) is 0. The molecular weight excluding hydrogens is 785 g/mol. The lowest BCUT2D eigenvalue weighted by molar-refractivity contribution is 0.767. The molecule has 65 heavy (non-hydrogen) atoms. The van der Waals surface area contributed by atoms with Crippen LogP contribution in [0.4, 0.5) is 17.1 Å². The van der Waals surface area contributed by atoms with Gasteiger partial charge in [-0.1, -0.05) is 200 Å². The lowest BCUT2D eigenvalue weighted by Gasteiger charge is -2.34. The van der Waals surface area contributed by atoms with E-state index in [-0.39, 0.29) is 0 Å². The van der Waals surface area contributed by atoms with Crippen LogP contribution in [0.5, 0.6) is 0 Å². The van der Waals surface area contributed by atoms with Crippen molar-refractivity contribution in [2.45, 2.75) is 5.41 Å². The Hall–Kier alpha value is -8.46. The van der Waals surface area contributed by atoms with E-state index in [4.69, 9.17) is 0 Å². The summed E-state index contributed by atoms with van der Waals surface area (Å²) < 4.78 is 2.52. The highest BCUT2D eigenvalue weighted by Crippen LogP contribution is 2.57. The van der Waals surface area contributed by atoms with Gasteiger partial charge in [-0.2, -0.15) is 0 Å². The van der Waals surface area contributed by atoms with Gasteiger partial charge in [0.25, 0.3) is 0 Å². The summed E-state index contributed by atoms with van der Waals surface area (Å²) in [5, 5.41) is 7.33. The molecule has 2 heteroatoms. The van der Waals surface area contributed by atoms with Crippen LogP contribution in [0.25, 0.3) is 71.3 Å². The van der Waals surface area contributed by atoms with Crippen LogP contribution in [-0.4, -0.2) is 4.57 Å². The summed E-state index contributed by atoms with van der Waals surface area (Å²) in [6, 6.07) is 94.0. The Labute approximate surface area is 378 Å². The predicted molar refractivity (Wildman–Crippen MR) is 273 cm³/mol. The Morgan fingerprint density at radius 3 is 1.66 bits per heavy atom. The fourth-order valence-electron chi connectivity index (χ4n) is 11.0. The first-order valence-electron chi connectivity index (χ1n) is 22.5. The van der Waals surface area contributed by atoms with Gasteiger partial charge in [0.05, 0.1) is 27.8 Å². The van der Waals surface area contributed by atoms with Gasteiger partial charge in [0.2, 0.25) is 0 Å². The highest BCUT2D eigenvalue weighted by molar-refractivity contribution is 6.15. The quantitative estimate of drug-likeness (QED) is 0.155. The number of hydrogen-bond donors (Lipinski definition) is 0. The molecule has 0 atom stereocenters. The second-order valence-electron chi connectivity index (χ2n) is 17.2. The Morgan fingerprint density at radius 2 is 0.892 bits per heavy atom. The largest absolute Gasteiger partial charge is 0.309 e. The molecule has 1 aliphatic rings. The second-order valence-corrected chi connectivity index (χ2v) is 17.2. The SMILES string of the molecule is c1ccc(N(c2ccccc2-c2ccc3c4cc5ccccc5cc4n(-c4ccc5c(c4)C(c4ccccc4)(c4ccccc4)c4ccccc4-5)c3c2)c2cccc3ccccc23)cc1. The molecule has 0 N–H and O–H groups in total. The van der Waals surface area contributed by atoms with Crippen molar-refractivity contribution in [3.05, 3.63) is 277 Å². The van der Waals surface area contributed by atoms with Gasteiger partial charge in [-0.25, -0.2) is 0 Å². The minimum atomic E-state index is -0.511. The summed E-state index contributed by atoms with van der Waals surface area (Å²) in [6.07, 6.45) is 0. The van der Waals surface area contributed by atoms with Crippen LogP contribution in [0.3, 0.4) is 0 Å². The topological polar surface area (TPSA) is 8.17 Å². The van der Waals surface area contributed by atoms with Crippen LogP contribution in [-0.2, 0) is 5.41 Å². The number of para-hydroxylation sites is 2. The minimum absolute atomic E-state index is 0.511. The number of benzene rings is 11. The second kappa shape index (κ2) is 14.8. The van der Waals surface area contributed by atoms with Gasteiger partial charge in [0, 0.05) is 33.1 Å². The molecule has 12 aromatic rings. The molecule has 0 amide bonds. The molecule has 304 valence electrons. The third kappa shape index (κ3) is 5.67. The van der Waals surface area contributed by atoms with Gasteiger partial charge in [0.1, 0.15) is 0 Å². The standard InChI is InChI=1S/C63H42N2/c1-4-23-47(24-5-1)63(48-25-6-2-7-26-48)57-32-16-14-31-53(57)54-38-36-50(42-58(54)63)65-61-41-46(35-37-55(61)56-39-44-20-10-11-21-45(44)40-62(56)65)52-30-15-17-33-59(52)64(49-27-8-3-9-28-49)60-34-18-22-43-19-12-13-29-51(43)60/h1-42H. The van der Waals surface area contributed by atoms with Crippen molar-refractivity contribution in [2.75, 3.05) is 4.90 Å². The van der Waals surface area contributed by atoms with Crippen molar-refractivity contribution in [3.8, 4) is 27.9 Å². The van der Waals surface area contributed by atoms with E-state index < -0.39 is 5.41 Å². The van der Waals surface area contributed by atoms with Crippen LogP contribution in [0, 0.1) is 0 Å². The molecule has 11 aromatic carbocycles. The first-order valence-corrected chi connectivity index (χ1v) is 22.5. The fraction of sp³-hybridized carbons (Fsp3) is 0.0159. The Bertz CT molecular complexity index is 3730. The highest BCUT2D eigenvalue weighted by atomic mass is 15.1. The maximum Gasteiger partial charge on any atom is 0.0714 e. The predicted octanol–water partition coefficient (Wildman–Crippen LogP) is 16.6. The maximum absolute atomic E-state index is 2.52. The molecule has 2 nitrogen and oxygen atoms in total. The summed E-state index contributed by atoms with van der Waals surface area (Å²) in [4.78, 5) is 2.43. The van der Waals surface area contributed by atoms with Gasteiger partial charge in [0.15, 0.2) is 0 Å². The van der Waals surface area contributed by atoms with E-state index in [1.54, 1.807) is 0 Å². The monoisotopic (exact) mass is 826 g/mol. The summed E-state index contributed by atoms with van der Waals surface area (Å²) in [5.41, 5.74) is 16.3. The van der Waals surface area contributed by atoms with Gasteiger partial charge < -0.3 is 9.47 Å². The number of fused-ring (bicyclic) bond motifs is 8. The number of aromatic nitrogens is 1. The van der Waals surface area contributed by atoms with Crippen LogP contribution >= 0.6 is 0 Å². The van der Waals surface area contributed by atoms with Crippen molar-refractivity contribution in [3.63, 3.8) is 0 Å². The van der Waals surface area contributed by atoms with Crippen LogP contribution < -0.4 is 4.90 Å². The Balaban J connectivity index is 1.08. The molecular formula is C63H42N2. The zero-order valence-electron chi connectivity index (χ0n) is 35.6. The minimum Gasteiger partial charge on any atom is -0.309 e. The lowest BCUT2D eigenvalue weighted by atomic mass is 9.67. The number of anilines is 3. The third-order valence-corrected chi connectivity index (χ3v) is 13.8. The third-order valence-electron chi connectivity index (χ3n) is 13.8. The van der Waals surface area contributed by atoms with E-state index in [1.165, 1.54) is 76.7 Å². The lowest BCUT2D eigenvalue weighted by Crippen LogP contribution is -2.28. The van der Waals surface area contributed by atoms with Gasteiger partial charge in [-0.3, -0.25) is 0 Å². The normalized spacial score (nSPS) is 12.7. The highest BCUT2D eigenvalue weighted by Gasteiger charge is 2.46. The summed E-state index contributed by atoms with van der Waals surface area (Å²) in [5.74, 6) is 0. The average Bonchev–Trinajstić information content (AvgIpc) is 3.86. The smallest absolute Gasteiger partial charge is 0.0714 e. The van der Waals surface area contributed by atoms with Crippen LogP contribution in [0.15, 0.2) is 255 Å². The van der Waals surface area contributed by atoms with E-state index in [2.05, 4.69) is 264 Å². The van der Waals surface area contributed by atoms with Crippen molar-refractivity contribution in [1.82, 2.24) is 4.57 Å². The number of hydrogen-bond acceptors (Lipinski definition) is 1. The molecule has 0 unspecified atom stereocenters. The number of nitrogens with zero attached hydrogens (tertiary/aromatic N) is 2. The van der Waals surface area contributed by atoms with Gasteiger partial charge in [-0.05, 0) is 110 Å². The molecule has 0 bridgehead atoms. The first kappa shape index (κ1) is 37.1. The molecule has 13 rings (SSSR count). The average molecular weight is 827 g/mol. The number of rotatable bonds is 7. The zero-order chi connectivity index (χ0) is 42.9. The van der Waals surface area contributed by atoms with Crippen molar-refractivity contribution < 1.29 is 0 Å². The van der Waals surface area contributed by atoms with Crippen molar-refractivity contribution >= 4 is 60.4 Å². The Kier molecular flexibility index (Phi) is 8.47. The molecule has 1 aromatic heterocycles. The van der Waals surface area contributed by atoms with Crippen molar-refractivity contribution in [1.29, 1.82) is 0 Å². The van der Waals surface area contributed by atoms with Crippen molar-refractivity contribution in [2.24, 2.45) is 0 Å². The summed E-state index contributed by atoms with van der Waals surface area (Å²) >= 11 is 0. The molecule has 0 aliphatic heterocycles. The zero-order valence-corrected chi connectivity index (χ0v) is 35.6. The van der Waals surface area contributed by atoms with Crippen LogP contribution in [0.2, 0.25) is 0 Å². The maximum atomic E-state index is 2.52. The Morgan fingerprint density at radius 1 is 0.323 bits per heavy atom. The molecule has 0 spiro atoms. The van der Waals surface area contributed by atoms with Crippen LogP contribution in [0.1, 0.15) is 22.3 Å².